The molecule has 1 aliphatic heterocycles. The predicted molar refractivity (Wildman–Crippen MR) is 117 cm³/mol. The maximum absolute atomic E-state index is 12.2. The number of nitrogens with one attached hydrogen (secondary N) is 1. The fourth-order valence-electron chi connectivity index (χ4n) is 3.16. The van der Waals surface area contributed by atoms with Gasteiger partial charge in [-0.1, -0.05) is 12.1 Å². The van der Waals surface area contributed by atoms with E-state index in [1.54, 1.807) is 29.5 Å². The summed E-state index contributed by atoms with van der Waals surface area (Å²) in [6.45, 7) is 0.944. The molecule has 0 aliphatic carbocycles. The third kappa shape index (κ3) is 3.92. The molecule has 0 saturated carbocycles. The first kappa shape index (κ1) is 18.4. The average molecular weight is 418 g/mol. The maximum atomic E-state index is 12.2. The molecule has 30 heavy (non-hydrogen) atoms. The Morgan fingerprint density at radius 1 is 1.00 bits per heavy atom. The van der Waals surface area contributed by atoms with Gasteiger partial charge in [0.1, 0.15) is 24.0 Å². The molecule has 6 nitrogen and oxygen atoms in total. The van der Waals surface area contributed by atoms with Gasteiger partial charge in [-0.05, 0) is 48.5 Å². The van der Waals surface area contributed by atoms with Crippen molar-refractivity contribution in [2.24, 2.45) is 0 Å². The summed E-state index contributed by atoms with van der Waals surface area (Å²) in [5.41, 5.74) is 2.65. The number of anilines is 1. The molecular formula is C23H18N2O4S. The van der Waals surface area contributed by atoms with Crippen LogP contribution in [0.2, 0.25) is 0 Å². The van der Waals surface area contributed by atoms with E-state index in [1.807, 2.05) is 42.5 Å². The Balaban J connectivity index is 1.19. The number of carbonyl (C=O) groups excluding carboxylic acids is 1. The zero-order chi connectivity index (χ0) is 20.3. The Bertz CT molecular complexity index is 1170. The van der Waals surface area contributed by atoms with E-state index < -0.39 is 0 Å². The molecule has 0 radical (unpaired) electrons. The van der Waals surface area contributed by atoms with Crippen LogP contribution in [0.3, 0.4) is 0 Å². The van der Waals surface area contributed by atoms with Crippen molar-refractivity contribution in [3.63, 3.8) is 0 Å². The van der Waals surface area contributed by atoms with E-state index in [4.69, 9.17) is 14.2 Å². The molecule has 0 spiro atoms. The molecule has 150 valence electrons. The van der Waals surface area contributed by atoms with Crippen molar-refractivity contribution in [3.05, 3.63) is 66.7 Å². The normalized spacial score (nSPS) is 12.5. The standard InChI is InChI=1S/C23H18N2O4S/c26-22(24-16-7-10-19-20(13-16)28-12-11-27-19)14-29-17-8-5-15(6-9-17)23-25-18-3-1-2-4-21(18)30-23/h1-10,13H,11-12,14H2,(H,24,26). The topological polar surface area (TPSA) is 69.7 Å². The van der Waals surface area contributed by atoms with Crippen LogP contribution in [0.15, 0.2) is 66.7 Å². The van der Waals surface area contributed by atoms with E-state index in [2.05, 4.69) is 16.4 Å². The number of carbonyl (C=O) groups is 1. The third-order valence-corrected chi connectivity index (χ3v) is 5.68. The zero-order valence-electron chi connectivity index (χ0n) is 16.0. The lowest BCUT2D eigenvalue weighted by atomic mass is 10.2. The van der Waals surface area contributed by atoms with Crippen LogP contribution >= 0.6 is 11.3 Å². The van der Waals surface area contributed by atoms with E-state index in [-0.39, 0.29) is 12.5 Å². The Hall–Kier alpha value is -3.58. The largest absolute Gasteiger partial charge is 0.486 e. The Labute approximate surface area is 177 Å². The predicted octanol–water partition coefficient (Wildman–Crippen LogP) is 4.75. The average Bonchev–Trinajstić information content (AvgIpc) is 3.22. The van der Waals surface area contributed by atoms with Crippen LogP contribution in [0, 0.1) is 0 Å². The molecule has 3 aromatic carbocycles. The number of rotatable bonds is 5. The molecule has 5 rings (SSSR count). The van der Waals surface area contributed by atoms with Crippen LogP contribution in [0.5, 0.6) is 17.2 Å². The fraction of sp³-hybridized carbons (Fsp3) is 0.130. The summed E-state index contributed by atoms with van der Waals surface area (Å²) in [5.74, 6) is 1.69. The van der Waals surface area contributed by atoms with Crippen LogP contribution in [0.4, 0.5) is 5.69 Å². The van der Waals surface area contributed by atoms with Gasteiger partial charge in [0.25, 0.3) is 5.91 Å². The summed E-state index contributed by atoms with van der Waals surface area (Å²) in [6, 6.07) is 21.0. The highest BCUT2D eigenvalue weighted by Crippen LogP contribution is 2.33. The van der Waals surface area contributed by atoms with E-state index in [0.717, 1.165) is 20.8 Å². The van der Waals surface area contributed by atoms with E-state index in [1.165, 1.54) is 0 Å². The number of amides is 1. The van der Waals surface area contributed by atoms with Crippen molar-refractivity contribution >= 4 is 33.1 Å². The second-order valence-corrected chi connectivity index (χ2v) is 7.74. The maximum Gasteiger partial charge on any atom is 0.262 e. The zero-order valence-corrected chi connectivity index (χ0v) is 16.8. The first-order valence-electron chi connectivity index (χ1n) is 9.53. The number of fused-ring (bicyclic) bond motifs is 2. The molecule has 0 saturated heterocycles. The number of para-hydroxylation sites is 1. The summed E-state index contributed by atoms with van der Waals surface area (Å²) < 4.78 is 17.8. The van der Waals surface area contributed by atoms with Gasteiger partial charge in [0.05, 0.1) is 10.2 Å². The molecule has 4 aromatic rings. The lowest BCUT2D eigenvalue weighted by molar-refractivity contribution is -0.118. The fourth-order valence-corrected chi connectivity index (χ4v) is 4.13. The van der Waals surface area contributed by atoms with Gasteiger partial charge in [0.15, 0.2) is 18.1 Å². The van der Waals surface area contributed by atoms with Gasteiger partial charge in [0, 0.05) is 17.3 Å². The summed E-state index contributed by atoms with van der Waals surface area (Å²) in [5, 5.41) is 3.76. The SMILES string of the molecule is O=C(COc1ccc(-c2nc3ccccc3s2)cc1)Nc1ccc2c(c1)OCCO2. The minimum atomic E-state index is -0.248. The molecule has 1 aliphatic rings. The highest BCUT2D eigenvalue weighted by Gasteiger charge is 2.13. The molecule has 1 amide bonds. The van der Waals surface area contributed by atoms with Crippen molar-refractivity contribution in [2.75, 3.05) is 25.1 Å². The molecule has 2 heterocycles. The first-order chi connectivity index (χ1) is 14.7. The summed E-state index contributed by atoms with van der Waals surface area (Å²) in [7, 11) is 0. The van der Waals surface area contributed by atoms with Gasteiger partial charge in [-0.3, -0.25) is 4.79 Å². The lowest BCUT2D eigenvalue weighted by Gasteiger charge is -2.19. The highest BCUT2D eigenvalue weighted by atomic mass is 32.1. The van der Waals surface area contributed by atoms with Crippen molar-refractivity contribution < 1.29 is 19.0 Å². The lowest BCUT2D eigenvalue weighted by Crippen LogP contribution is -2.20. The van der Waals surface area contributed by atoms with Gasteiger partial charge >= 0.3 is 0 Å². The summed E-state index contributed by atoms with van der Waals surface area (Å²) >= 11 is 1.65. The highest BCUT2D eigenvalue weighted by molar-refractivity contribution is 7.21. The minimum absolute atomic E-state index is 0.0884. The van der Waals surface area contributed by atoms with Crippen molar-refractivity contribution in [1.29, 1.82) is 0 Å². The van der Waals surface area contributed by atoms with Gasteiger partial charge in [-0.15, -0.1) is 11.3 Å². The number of hydrogen-bond acceptors (Lipinski definition) is 6. The van der Waals surface area contributed by atoms with Crippen molar-refractivity contribution in [2.45, 2.75) is 0 Å². The number of ether oxygens (including phenoxy) is 3. The van der Waals surface area contributed by atoms with Crippen LogP contribution in [-0.4, -0.2) is 30.7 Å². The molecule has 1 aromatic heterocycles. The molecule has 0 fully saturated rings. The van der Waals surface area contributed by atoms with Crippen molar-refractivity contribution in [3.8, 4) is 27.8 Å². The van der Waals surface area contributed by atoms with Crippen LogP contribution < -0.4 is 19.5 Å². The first-order valence-corrected chi connectivity index (χ1v) is 10.3. The van der Waals surface area contributed by atoms with Gasteiger partial charge in [0.2, 0.25) is 0 Å². The molecule has 1 N–H and O–H groups in total. The Morgan fingerprint density at radius 2 is 1.80 bits per heavy atom. The summed E-state index contributed by atoms with van der Waals surface area (Å²) in [6.07, 6.45) is 0. The molecular weight excluding hydrogens is 400 g/mol. The van der Waals surface area contributed by atoms with Crippen LogP contribution in [0.25, 0.3) is 20.8 Å². The smallest absolute Gasteiger partial charge is 0.262 e. The van der Waals surface area contributed by atoms with E-state index >= 15 is 0 Å². The number of aromatic nitrogens is 1. The Kier molecular flexibility index (Phi) is 4.94. The summed E-state index contributed by atoms with van der Waals surface area (Å²) in [4.78, 5) is 16.9. The second kappa shape index (κ2) is 8.04. The van der Waals surface area contributed by atoms with Crippen molar-refractivity contribution in [1.82, 2.24) is 4.98 Å². The number of hydrogen-bond donors (Lipinski definition) is 1. The van der Waals surface area contributed by atoms with Gasteiger partial charge in [-0.2, -0.15) is 0 Å². The molecule has 7 heteroatoms. The van der Waals surface area contributed by atoms with Crippen LogP contribution in [-0.2, 0) is 4.79 Å². The minimum Gasteiger partial charge on any atom is -0.486 e. The van der Waals surface area contributed by atoms with E-state index in [0.29, 0.717) is 36.1 Å². The second-order valence-electron chi connectivity index (χ2n) is 6.71. The number of nitrogens with zero attached hydrogens (tertiary/aromatic N) is 1. The number of benzene rings is 3. The Morgan fingerprint density at radius 3 is 2.63 bits per heavy atom. The molecule has 0 bridgehead atoms. The molecule has 0 atom stereocenters. The van der Waals surface area contributed by atoms with Gasteiger partial charge < -0.3 is 19.5 Å². The third-order valence-electron chi connectivity index (χ3n) is 4.59. The molecule has 0 unspecified atom stereocenters. The van der Waals surface area contributed by atoms with Gasteiger partial charge in [-0.25, -0.2) is 4.98 Å². The number of thiazole rings is 1. The van der Waals surface area contributed by atoms with E-state index in [9.17, 15) is 4.79 Å². The quantitative estimate of drug-likeness (QED) is 0.506. The monoisotopic (exact) mass is 418 g/mol. The van der Waals surface area contributed by atoms with Crippen LogP contribution in [0.1, 0.15) is 0 Å².